The zero-order valence-electron chi connectivity index (χ0n) is 12.2. The molecule has 0 radical (unpaired) electrons. The lowest BCUT2D eigenvalue weighted by Gasteiger charge is -2.15. The highest BCUT2D eigenvalue weighted by Gasteiger charge is 2.14. The molecular weight excluding hydrogens is 238 g/mol. The van der Waals surface area contributed by atoms with Crippen LogP contribution in [0.25, 0.3) is 5.69 Å². The number of nitrogens with two attached hydrogens (primary N) is 1. The van der Waals surface area contributed by atoms with E-state index in [1.807, 2.05) is 50.6 Å². The summed E-state index contributed by atoms with van der Waals surface area (Å²) < 4.78 is 7.60. The molecule has 19 heavy (non-hydrogen) atoms. The van der Waals surface area contributed by atoms with Crippen molar-refractivity contribution in [2.75, 3.05) is 5.73 Å². The zero-order valence-corrected chi connectivity index (χ0v) is 12.2. The minimum Gasteiger partial charge on any atom is -0.489 e. The Morgan fingerprint density at radius 1 is 1.21 bits per heavy atom. The number of para-hydroxylation sites is 1. The van der Waals surface area contributed by atoms with Crippen LogP contribution in [0.1, 0.15) is 30.8 Å². The third-order valence-corrected chi connectivity index (χ3v) is 3.29. The summed E-state index contributed by atoms with van der Waals surface area (Å²) in [7, 11) is 0. The van der Waals surface area contributed by atoms with Gasteiger partial charge in [-0.25, -0.2) is 4.68 Å². The van der Waals surface area contributed by atoms with Crippen molar-refractivity contribution in [2.24, 2.45) is 0 Å². The molecule has 0 spiro atoms. The molecule has 2 N–H and O–H groups in total. The highest BCUT2D eigenvalue weighted by Crippen LogP contribution is 2.30. The van der Waals surface area contributed by atoms with E-state index >= 15 is 0 Å². The molecular formula is C15H21N3O. The summed E-state index contributed by atoms with van der Waals surface area (Å²) in [6.45, 7) is 10.1. The fourth-order valence-electron chi connectivity index (χ4n) is 2.03. The van der Waals surface area contributed by atoms with Gasteiger partial charge in [-0.2, -0.15) is 5.10 Å². The summed E-state index contributed by atoms with van der Waals surface area (Å²) in [6.07, 6.45) is 0.0970. The number of benzene rings is 1. The summed E-state index contributed by atoms with van der Waals surface area (Å²) in [5.74, 6) is 0.706. The number of nitrogens with zero attached hydrogens (tertiary/aromatic N) is 2. The van der Waals surface area contributed by atoms with Crippen LogP contribution in [0, 0.1) is 20.8 Å². The van der Waals surface area contributed by atoms with Gasteiger partial charge in [-0.3, -0.25) is 0 Å². The average molecular weight is 259 g/mol. The van der Waals surface area contributed by atoms with Crippen molar-refractivity contribution >= 4 is 5.69 Å². The molecule has 0 atom stereocenters. The molecule has 0 saturated carbocycles. The van der Waals surface area contributed by atoms with Gasteiger partial charge >= 0.3 is 0 Å². The summed E-state index contributed by atoms with van der Waals surface area (Å²) in [5, 5.41) is 4.54. The van der Waals surface area contributed by atoms with Crippen LogP contribution in [0.5, 0.6) is 5.75 Å². The van der Waals surface area contributed by atoms with Crippen molar-refractivity contribution in [3.8, 4) is 11.4 Å². The van der Waals surface area contributed by atoms with Crippen molar-refractivity contribution in [1.29, 1.82) is 0 Å². The maximum Gasteiger partial charge on any atom is 0.144 e. The number of anilines is 1. The van der Waals surface area contributed by atoms with E-state index in [1.165, 1.54) is 5.56 Å². The van der Waals surface area contributed by atoms with Crippen molar-refractivity contribution in [3.05, 3.63) is 35.2 Å². The molecule has 2 rings (SSSR count). The molecule has 4 nitrogen and oxygen atoms in total. The van der Waals surface area contributed by atoms with Crippen LogP contribution in [0.4, 0.5) is 5.69 Å². The fraction of sp³-hybridized carbons (Fsp3) is 0.400. The number of aryl methyl sites for hydroxylation is 1. The highest BCUT2D eigenvalue weighted by molar-refractivity contribution is 5.66. The van der Waals surface area contributed by atoms with Gasteiger partial charge < -0.3 is 10.5 Å². The van der Waals surface area contributed by atoms with E-state index in [0.29, 0.717) is 11.4 Å². The summed E-state index contributed by atoms with van der Waals surface area (Å²) in [5.41, 5.74) is 11.0. The van der Waals surface area contributed by atoms with Crippen molar-refractivity contribution in [2.45, 2.75) is 40.7 Å². The van der Waals surface area contributed by atoms with Gasteiger partial charge in [-0.15, -0.1) is 0 Å². The number of hydrogen-bond donors (Lipinski definition) is 1. The zero-order chi connectivity index (χ0) is 14.2. The lowest BCUT2D eigenvalue weighted by Crippen LogP contribution is -2.10. The SMILES string of the molecule is Cc1nn(-c2cccc(OC(C)C)c2N)c(C)c1C. The molecule has 0 bridgehead atoms. The molecule has 102 valence electrons. The van der Waals surface area contributed by atoms with Crippen molar-refractivity contribution in [3.63, 3.8) is 0 Å². The van der Waals surface area contributed by atoms with Gasteiger partial charge in [0.2, 0.25) is 0 Å². The molecule has 0 fully saturated rings. The van der Waals surface area contributed by atoms with Crippen molar-refractivity contribution < 1.29 is 4.74 Å². The Morgan fingerprint density at radius 2 is 1.89 bits per heavy atom. The van der Waals surface area contributed by atoms with Gasteiger partial charge in [-0.05, 0) is 52.3 Å². The van der Waals surface area contributed by atoms with Crippen LogP contribution in [-0.4, -0.2) is 15.9 Å². The van der Waals surface area contributed by atoms with E-state index < -0.39 is 0 Å². The summed E-state index contributed by atoms with van der Waals surface area (Å²) in [4.78, 5) is 0. The van der Waals surface area contributed by atoms with E-state index in [4.69, 9.17) is 10.5 Å². The molecule has 0 amide bonds. The van der Waals surface area contributed by atoms with Crippen LogP contribution in [0.3, 0.4) is 0 Å². The molecule has 2 aromatic rings. The smallest absolute Gasteiger partial charge is 0.144 e. The largest absolute Gasteiger partial charge is 0.489 e. The first-order valence-electron chi connectivity index (χ1n) is 6.50. The molecule has 1 aromatic heterocycles. The standard InChI is InChI=1S/C15H21N3O/c1-9(2)19-14-8-6-7-13(15(14)16)18-12(5)10(3)11(4)17-18/h6-9H,16H2,1-5H3. The molecule has 1 aromatic carbocycles. The average Bonchev–Trinajstić information content (AvgIpc) is 2.59. The topological polar surface area (TPSA) is 53.1 Å². The van der Waals surface area contributed by atoms with Gasteiger partial charge in [0.25, 0.3) is 0 Å². The number of hydrogen-bond acceptors (Lipinski definition) is 3. The molecule has 0 aliphatic carbocycles. The van der Waals surface area contributed by atoms with Gasteiger partial charge in [0.05, 0.1) is 17.5 Å². The molecule has 0 unspecified atom stereocenters. The number of ether oxygens (including phenoxy) is 1. The van der Waals surface area contributed by atoms with E-state index in [9.17, 15) is 0 Å². The predicted molar refractivity (Wildman–Crippen MR) is 78.0 cm³/mol. The third kappa shape index (κ3) is 2.43. The van der Waals surface area contributed by atoms with Crippen LogP contribution >= 0.6 is 0 Å². The summed E-state index contributed by atoms with van der Waals surface area (Å²) in [6, 6.07) is 5.79. The van der Waals surface area contributed by atoms with E-state index in [0.717, 1.165) is 17.1 Å². The minimum absolute atomic E-state index is 0.0970. The second-order valence-corrected chi connectivity index (χ2v) is 5.06. The van der Waals surface area contributed by atoms with Gasteiger partial charge in [0.1, 0.15) is 11.4 Å². The lowest BCUT2D eigenvalue weighted by atomic mass is 10.2. The minimum atomic E-state index is 0.0970. The Labute approximate surface area is 114 Å². The number of aromatic nitrogens is 2. The molecule has 0 aliphatic rings. The van der Waals surface area contributed by atoms with Gasteiger partial charge in [-0.1, -0.05) is 6.07 Å². The van der Waals surface area contributed by atoms with E-state index in [2.05, 4.69) is 12.0 Å². The maximum atomic E-state index is 6.21. The Bertz CT molecular complexity index is 600. The first-order valence-corrected chi connectivity index (χ1v) is 6.50. The Hall–Kier alpha value is -1.97. The first kappa shape index (κ1) is 13.5. The molecule has 0 aliphatic heterocycles. The Balaban J connectivity index is 2.53. The van der Waals surface area contributed by atoms with E-state index in [1.54, 1.807) is 0 Å². The predicted octanol–water partition coefficient (Wildman–Crippen LogP) is 3.17. The highest BCUT2D eigenvalue weighted by atomic mass is 16.5. The summed E-state index contributed by atoms with van der Waals surface area (Å²) >= 11 is 0. The monoisotopic (exact) mass is 259 g/mol. The second-order valence-electron chi connectivity index (χ2n) is 5.06. The fourth-order valence-corrected chi connectivity index (χ4v) is 2.03. The quantitative estimate of drug-likeness (QED) is 0.861. The lowest BCUT2D eigenvalue weighted by molar-refractivity contribution is 0.244. The third-order valence-electron chi connectivity index (χ3n) is 3.29. The first-order chi connectivity index (χ1) is 8.91. The number of rotatable bonds is 3. The molecule has 0 saturated heterocycles. The van der Waals surface area contributed by atoms with Crippen LogP contribution in [0.2, 0.25) is 0 Å². The number of nitrogen functional groups attached to an aromatic ring is 1. The van der Waals surface area contributed by atoms with Crippen molar-refractivity contribution in [1.82, 2.24) is 9.78 Å². The normalized spacial score (nSPS) is 11.1. The Morgan fingerprint density at radius 3 is 2.42 bits per heavy atom. The Kier molecular flexibility index (Phi) is 3.51. The van der Waals surface area contributed by atoms with Crippen LogP contribution in [-0.2, 0) is 0 Å². The molecule has 4 heteroatoms. The van der Waals surface area contributed by atoms with Crippen LogP contribution in [0.15, 0.2) is 18.2 Å². The van der Waals surface area contributed by atoms with E-state index in [-0.39, 0.29) is 6.10 Å². The van der Waals surface area contributed by atoms with Gasteiger partial charge in [0.15, 0.2) is 0 Å². The van der Waals surface area contributed by atoms with Gasteiger partial charge in [0, 0.05) is 5.69 Å². The maximum absolute atomic E-state index is 6.21. The van der Waals surface area contributed by atoms with Crippen LogP contribution < -0.4 is 10.5 Å². The molecule has 1 heterocycles. The second kappa shape index (κ2) is 4.96.